The van der Waals surface area contributed by atoms with Gasteiger partial charge < -0.3 is 4.79 Å². The van der Waals surface area contributed by atoms with Crippen LogP contribution >= 0.6 is 0 Å². The fourth-order valence-corrected chi connectivity index (χ4v) is 8.07. The molecule has 0 heterocycles. The number of hydrogen-bond donors (Lipinski definition) is 0. The quantitative estimate of drug-likeness (QED) is 0.500. The predicted octanol–water partition coefficient (Wildman–Crippen LogP) is 7.43. The first-order valence-electron chi connectivity index (χ1n) is 11.9. The van der Waals surface area contributed by atoms with E-state index in [0.29, 0.717) is 11.8 Å². The Balaban J connectivity index is 0.000000349. The SMILES string of the molecule is CCC(C)=O.CC[C@H]1CC[C@H]2[C@@H]3CC[C@@H]4CCCC[C@]4(C)[C@H]3CC[C@]12C. The summed E-state index contributed by atoms with van der Waals surface area (Å²) in [7, 11) is 0. The van der Waals surface area contributed by atoms with E-state index in [4.69, 9.17) is 0 Å². The third kappa shape index (κ3) is 3.42. The summed E-state index contributed by atoms with van der Waals surface area (Å²) in [5.41, 5.74) is 1.45. The van der Waals surface area contributed by atoms with Gasteiger partial charge in [0.15, 0.2) is 0 Å². The first-order chi connectivity index (χ1) is 12.4. The molecule has 0 unspecified atom stereocenters. The molecule has 4 saturated carbocycles. The summed E-state index contributed by atoms with van der Waals surface area (Å²) < 4.78 is 0. The molecule has 1 heteroatoms. The Bertz CT molecular complexity index is 496. The molecular formula is C25H44O. The maximum absolute atomic E-state index is 9.81. The minimum absolute atomic E-state index is 0.255. The molecule has 0 saturated heterocycles. The highest BCUT2D eigenvalue weighted by Gasteiger charge is 2.59. The van der Waals surface area contributed by atoms with Crippen molar-refractivity contribution < 1.29 is 4.79 Å². The zero-order valence-corrected chi connectivity index (χ0v) is 18.3. The van der Waals surface area contributed by atoms with Crippen LogP contribution in [0, 0.1) is 40.4 Å². The first kappa shape index (κ1) is 20.4. The van der Waals surface area contributed by atoms with Crippen molar-refractivity contribution >= 4 is 5.78 Å². The van der Waals surface area contributed by atoms with Crippen molar-refractivity contribution in [1.29, 1.82) is 0 Å². The van der Waals surface area contributed by atoms with Gasteiger partial charge in [0.25, 0.3) is 0 Å². The van der Waals surface area contributed by atoms with Gasteiger partial charge in [0.05, 0.1) is 0 Å². The van der Waals surface area contributed by atoms with Crippen LogP contribution in [0.25, 0.3) is 0 Å². The molecule has 26 heavy (non-hydrogen) atoms. The molecule has 0 spiro atoms. The molecule has 4 rings (SSSR count). The van der Waals surface area contributed by atoms with Crippen LogP contribution in [0.15, 0.2) is 0 Å². The molecule has 0 radical (unpaired) electrons. The minimum Gasteiger partial charge on any atom is -0.300 e. The maximum atomic E-state index is 9.81. The highest BCUT2D eigenvalue weighted by Crippen LogP contribution is 2.67. The Labute approximate surface area is 163 Å². The van der Waals surface area contributed by atoms with Crippen molar-refractivity contribution in [1.82, 2.24) is 0 Å². The van der Waals surface area contributed by atoms with Gasteiger partial charge >= 0.3 is 0 Å². The third-order valence-electron chi connectivity index (χ3n) is 9.77. The molecule has 0 bridgehead atoms. The highest BCUT2D eigenvalue weighted by atomic mass is 16.1. The summed E-state index contributed by atoms with van der Waals surface area (Å²) >= 11 is 0. The zero-order chi connectivity index (χ0) is 18.9. The molecular weight excluding hydrogens is 316 g/mol. The summed E-state index contributed by atoms with van der Waals surface area (Å²) in [5, 5.41) is 0. The van der Waals surface area contributed by atoms with Gasteiger partial charge in [-0.15, -0.1) is 0 Å². The largest absolute Gasteiger partial charge is 0.300 e. The van der Waals surface area contributed by atoms with Crippen molar-refractivity contribution in [2.24, 2.45) is 40.4 Å². The van der Waals surface area contributed by atoms with Crippen LogP contribution in [0.3, 0.4) is 0 Å². The summed E-state index contributed by atoms with van der Waals surface area (Å²) in [4.78, 5) is 9.81. The van der Waals surface area contributed by atoms with Gasteiger partial charge in [-0.3, -0.25) is 0 Å². The van der Waals surface area contributed by atoms with Crippen molar-refractivity contribution in [2.45, 2.75) is 112 Å². The molecule has 0 aromatic heterocycles. The molecule has 7 atom stereocenters. The average Bonchev–Trinajstić information content (AvgIpc) is 2.98. The normalized spacial score (nSPS) is 47.0. The fourth-order valence-electron chi connectivity index (χ4n) is 8.07. The summed E-state index contributed by atoms with van der Waals surface area (Å²) in [6.45, 7) is 11.3. The van der Waals surface area contributed by atoms with Crippen LogP contribution in [0.2, 0.25) is 0 Å². The number of ketones is 1. The van der Waals surface area contributed by atoms with Gasteiger partial charge in [-0.05, 0) is 98.7 Å². The number of Topliss-reactive ketones (excluding diaryl/α,β-unsaturated/α-hetero) is 1. The highest BCUT2D eigenvalue weighted by molar-refractivity contribution is 5.74. The Morgan fingerprint density at radius 1 is 0.846 bits per heavy atom. The third-order valence-corrected chi connectivity index (χ3v) is 9.77. The van der Waals surface area contributed by atoms with Crippen molar-refractivity contribution in [3.63, 3.8) is 0 Å². The number of carbonyl (C=O) groups is 1. The molecule has 0 aromatic rings. The van der Waals surface area contributed by atoms with Gasteiger partial charge in [0.1, 0.15) is 5.78 Å². The van der Waals surface area contributed by atoms with Crippen LogP contribution in [0.5, 0.6) is 0 Å². The Morgan fingerprint density at radius 2 is 1.54 bits per heavy atom. The van der Waals surface area contributed by atoms with E-state index in [9.17, 15) is 4.79 Å². The monoisotopic (exact) mass is 360 g/mol. The van der Waals surface area contributed by atoms with Crippen molar-refractivity contribution in [2.75, 3.05) is 0 Å². The van der Waals surface area contributed by atoms with E-state index < -0.39 is 0 Å². The summed E-state index contributed by atoms with van der Waals surface area (Å²) in [6.07, 6.45) is 17.6. The molecule has 0 amide bonds. The van der Waals surface area contributed by atoms with Crippen molar-refractivity contribution in [3.05, 3.63) is 0 Å². The molecule has 150 valence electrons. The second-order valence-corrected chi connectivity index (χ2v) is 10.7. The minimum atomic E-state index is 0.255. The lowest BCUT2D eigenvalue weighted by Gasteiger charge is -2.60. The lowest BCUT2D eigenvalue weighted by atomic mass is 9.45. The zero-order valence-electron chi connectivity index (χ0n) is 18.3. The number of hydrogen-bond acceptors (Lipinski definition) is 1. The van der Waals surface area contributed by atoms with Gasteiger partial charge in [-0.2, -0.15) is 0 Å². The van der Waals surface area contributed by atoms with E-state index in [-0.39, 0.29) is 5.78 Å². The molecule has 0 aliphatic heterocycles. The van der Waals surface area contributed by atoms with E-state index in [2.05, 4.69) is 20.8 Å². The Kier molecular flexibility index (Phi) is 6.25. The maximum Gasteiger partial charge on any atom is 0.129 e. The van der Waals surface area contributed by atoms with E-state index in [0.717, 1.165) is 35.0 Å². The van der Waals surface area contributed by atoms with E-state index in [1.54, 1.807) is 58.3 Å². The lowest BCUT2D eigenvalue weighted by Crippen LogP contribution is -2.52. The van der Waals surface area contributed by atoms with E-state index in [1.807, 2.05) is 6.92 Å². The van der Waals surface area contributed by atoms with E-state index in [1.165, 1.54) is 19.3 Å². The van der Waals surface area contributed by atoms with Crippen molar-refractivity contribution in [3.8, 4) is 0 Å². The lowest BCUT2D eigenvalue weighted by molar-refractivity contribution is -0.116. The molecule has 0 N–H and O–H groups in total. The van der Waals surface area contributed by atoms with Gasteiger partial charge in [0.2, 0.25) is 0 Å². The summed E-state index contributed by atoms with van der Waals surface area (Å²) in [6, 6.07) is 0. The molecule has 0 aromatic carbocycles. The Hall–Kier alpha value is -0.330. The van der Waals surface area contributed by atoms with Gasteiger partial charge in [-0.25, -0.2) is 0 Å². The molecule has 4 fully saturated rings. The van der Waals surface area contributed by atoms with Crippen LogP contribution < -0.4 is 0 Å². The number of fused-ring (bicyclic) bond motifs is 5. The smallest absolute Gasteiger partial charge is 0.129 e. The number of rotatable bonds is 2. The van der Waals surface area contributed by atoms with Gasteiger partial charge in [-0.1, -0.05) is 47.0 Å². The molecule has 4 aliphatic carbocycles. The second kappa shape index (κ2) is 7.96. The first-order valence-corrected chi connectivity index (χ1v) is 11.9. The average molecular weight is 361 g/mol. The summed E-state index contributed by atoms with van der Waals surface area (Å²) in [5.74, 6) is 5.65. The predicted molar refractivity (Wildman–Crippen MR) is 111 cm³/mol. The van der Waals surface area contributed by atoms with Crippen LogP contribution in [-0.2, 0) is 4.79 Å². The molecule has 1 nitrogen and oxygen atoms in total. The van der Waals surface area contributed by atoms with Crippen LogP contribution in [-0.4, -0.2) is 5.78 Å². The van der Waals surface area contributed by atoms with Crippen LogP contribution in [0.1, 0.15) is 112 Å². The topological polar surface area (TPSA) is 17.1 Å². The number of carbonyl (C=O) groups excluding carboxylic acids is 1. The molecule has 4 aliphatic rings. The Morgan fingerprint density at radius 3 is 2.19 bits per heavy atom. The van der Waals surface area contributed by atoms with E-state index >= 15 is 0 Å². The van der Waals surface area contributed by atoms with Crippen LogP contribution in [0.4, 0.5) is 0 Å². The second-order valence-electron chi connectivity index (χ2n) is 10.7. The standard InChI is InChI=1S/C21H36.C4H8O/c1-4-15-9-11-18-17-10-8-16-7-5-6-13-20(16,2)19(17)12-14-21(15,18)3;1-3-4(2)5/h15-19H,4-14H2,1-3H3;3H2,1-2H3/t15-,16-,17-,18-,19-,20-,21+;/m0./s1. The fraction of sp³-hybridized carbons (Fsp3) is 0.960. The van der Waals surface area contributed by atoms with Gasteiger partial charge in [0, 0.05) is 6.42 Å².